The highest BCUT2D eigenvalue weighted by Gasteiger charge is 2.46. The molecule has 0 radical (unpaired) electrons. The molecule has 6 atom stereocenters. The first-order valence-electron chi connectivity index (χ1n) is 19.1. The van der Waals surface area contributed by atoms with Crippen molar-refractivity contribution in [3.63, 3.8) is 0 Å². The van der Waals surface area contributed by atoms with Crippen molar-refractivity contribution in [3.8, 4) is 0 Å². The molecule has 1 aliphatic heterocycles. The maximum absolute atomic E-state index is 12.7. The van der Waals surface area contributed by atoms with Crippen molar-refractivity contribution >= 4 is 22.1 Å². The summed E-state index contributed by atoms with van der Waals surface area (Å²) in [6.07, 6.45) is 14.6. The molecule has 0 aromatic carbocycles. The molecule has 1 fully saturated rings. The molecule has 0 saturated carbocycles. The molecule has 0 aromatic heterocycles. The van der Waals surface area contributed by atoms with Crippen molar-refractivity contribution in [2.45, 2.75) is 198 Å². The summed E-state index contributed by atoms with van der Waals surface area (Å²) in [6.45, 7) is 3.71. The minimum Gasteiger partial charge on any atom is -0.462 e. The quantitative estimate of drug-likeness (QED) is 0.0363. The first-order chi connectivity index (χ1) is 23.5. The fraction of sp³-hybridized carbons (Fsp3) is 0.944. The van der Waals surface area contributed by atoms with Gasteiger partial charge in [-0.05, 0) is 12.8 Å². The number of carbonyl (C=O) groups excluding carboxylic acids is 2. The van der Waals surface area contributed by atoms with Crippen molar-refractivity contribution in [2.24, 2.45) is 0 Å². The van der Waals surface area contributed by atoms with Gasteiger partial charge in [0.25, 0.3) is 10.1 Å². The molecule has 13 heteroatoms. The van der Waals surface area contributed by atoms with Crippen LogP contribution in [-0.2, 0) is 38.7 Å². The average Bonchev–Trinajstić information content (AvgIpc) is 3.05. The van der Waals surface area contributed by atoms with Gasteiger partial charge in [0.05, 0.1) is 6.61 Å². The van der Waals surface area contributed by atoms with Crippen LogP contribution in [-0.4, -0.2) is 96.0 Å². The Bertz CT molecular complexity index is 946. The van der Waals surface area contributed by atoms with Gasteiger partial charge in [0.2, 0.25) is 0 Å². The van der Waals surface area contributed by atoms with Crippen molar-refractivity contribution in [3.05, 3.63) is 0 Å². The van der Waals surface area contributed by atoms with Gasteiger partial charge >= 0.3 is 11.9 Å². The van der Waals surface area contributed by atoms with E-state index < -0.39 is 71.2 Å². The zero-order chi connectivity index (χ0) is 36.3. The molecule has 1 aliphatic rings. The van der Waals surface area contributed by atoms with Crippen molar-refractivity contribution in [1.29, 1.82) is 0 Å². The van der Waals surface area contributed by atoms with Crippen LogP contribution in [0.15, 0.2) is 0 Å². The molecule has 4 N–H and O–H groups in total. The van der Waals surface area contributed by atoms with E-state index in [-0.39, 0.29) is 19.4 Å². The number of carbonyl (C=O) groups is 2. The van der Waals surface area contributed by atoms with E-state index >= 15 is 0 Å². The molecule has 12 nitrogen and oxygen atoms in total. The fourth-order valence-electron chi connectivity index (χ4n) is 5.91. The van der Waals surface area contributed by atoms with E-state index in [0.29, 0.717) is 12.8 Å². The Hall–Kier alpha value is -1.35. The minimum atomic E-state index is -4.59. The Labute approximate surface area is 295 Å². The monoisotopic (exact) mass is 724 g/mol. The van der Waals surface area contributed by atoms with Gasteiger partial charge in [-0.1, -0.05) is 136 Å². The van der Waals surface area contributed by atoms with E-state index in [1.54, 1.807) is 0 Å². The SMILES string of the molecule is CCCCCCCCCCCCCC(=O)OC(COC(=O)CCCCCCCCCCCC)COC1OC(CS(=O)(=O)O)C(O)C(O)C1O. The summed E-state index contributed by atoms with van der Waals surface area (Å²) in [6, 6.07) is 0. The summed E-state index contributed by atoms with van der Waals surface area (Å²) in [7, 11) is -4.59. The highest BCUT2D eigenvalue weighted by atomic mass is 32.2. The van der Waals surface area contributed by atoms with Crippen LogP contribution in [0.3, 0.4) is 0 Å². The van der Waals surface area contributed by atoms with Gasteiger partial charge in [0.1, 0.15) is 36.8 Å². The van der Waals surface area contributed by atoms with Gasteiger partial charge in [-0.3, -0.25) is 14.1 Å². The Kier molecular flexibility index (Phi) is 26.3. The number of aliphatic hydroxyl groups excluding tert-OH is 3. The maximum atomic E-state index is 12.7. The highest BCUT2D eigenvalue weighted by molar-refractivity contribution is 7.85. The predicted molar refractivity (Wildman–Crippen MR) is 187 cm³/mol. The van der Waals surface area contributed by atoms with Gasteiger partial charge < -0.3 is 34.3 Å². The van der Waals surface area contributed by atoms with Gasteiger partial charge in [0.15, 0.2) is 12.4 Å². The van der Waals surface area contributed by atoms with Crippen molar-refractivity contribution in [1.82, 2.24) is 0 Å². The lowest BCUT2D eigenvalue weighted by atomic mass is 10.00. The number of aliphatic hydroxyl groups is 3. The fourth-order valence-corrected chi connectivity index (χ4v) is 6.60. The largest absolute Gasteiger partial charge is 0.462 e. The number of hydrogen-bond donors (Lipinski definition) is 4. The number of ether oxygens (including phenoxy) is 4. The van der Waals surface area contributed by atoms with E-state index in [1.807, 2.05) is 0 Å². The molecule has 0 aliphatic carbocycles. The molecule has 49 heavy (non-hydrogen) atoms. The summed E-state index contributed by atoms with van der Waals surface area (Å²) >= 11 is 0. The average molecular weight is 725 g/mol. The molecule has 0 aromatic rings. The van der Waals surface area contributed by atoms with E-state index in [4.69, 9.17) is 18.9 Å². The molecular formula is C36H68O12S. The zero-order valence-corrected chi connectivity index (χ0v) is 31.1. The summed E-state index contributed by atoms with van der Waals surface area (Å²) in [4.78, 5) is 25.1. The highest BCUT2D eigenvalue weighted by Crippen LogP contribution is 2.24. The summed E-state index contributed by atoms with van der Waals surface area (Å²) < 4.78 is 53.7. The van der Waals surface area contributed by atoms with Crippen LogP contribution in [0.2, 0.25) is 0 Å². The topological polar surface area (TPSA) is 186 Å². The van der Waals surface area contributed by atoms with Gasteiger partial charge in [-0.15, -0.1) is 0 Å². The van der Waals surface area contributed by atoms with E-state index in [9.17, 15) is 37.9 Å². The lowest BCUT2D eigenvalue weighted by Gasteiger charge is -2.40. The molecule has 1 saturated heterocycles. The second-order valence-electron chi connectivity index (χ2n) is 13.6. The first-order valence-corrected chi connectivity index (χ1v) is 20.7. The maximum Gasteiger partial charge on any atom is 0.306 e. The molecule has 1 rings (SSSR count). The molecule has 0 bridgehead atoms. The van der Waals surface area contributed by atoms with Gasteiger partial charge in [-0.25, -0.2) is 0 Å². The molecule has 290 valence electrons. The molecule has 0 amide bonds. The number of hydrogen-bond acceptors (Lipinski definition) is 11. The molecular weight excluding hydrogens is 656 g/mol. The minimum absolute atomic E-state index is 0.171. The second-order valence-corrected chi connectivity index (χ2v) is 15.1. The van der Waals surface area contributed by atoms with Gasteiger partial charge in [-0.2, -0.15) is 8.42 Å². The third-order valence-electron chi connectivity index (χ3n) is 8.94. The third kappa shape index (κ3) is 23.7. The van der Waals surface area contributed by atoms with Crippen LogP contribution in [0.1, 0.15) is 162 Å². The Morgan fingerprint density at radius 2 is 1.04 bits per heavy atom. The normalized spacial score (nSPS) is 21.8. The molecule has 0 spiro atoms. The first kappa shape index (κ1) is 45.7. The lowest BCUT2D eigenvalue weighted by Crippen LogP contribution is -2.60. The van der Waals surface area contributed by atoms with Crippen LogP contribution < -0.4 is 0 Å². The molecule has 1 heterocycles. The molecule has 6 unspecified atom stereocenters. The zero-order valence-electron chi connectivity index (χ0n) is 30.3. The Balaban J connectivity index is 2.54. The number of unbranched alkanes of at least 4 members (excludes halogenated alkanes) is 19. The van der Waals surface area contributed by atoms with Crippen molar-refractivity contribution < 1.29 is 56.8 Å². The number of esters is 2. The van der Waals surface area contributed by atoms with Crippen LogP contribution in [0.25, 0.3) is 0 Å². The summed E-state index contributed by atoms with van der Waals surface area (Å²) in [5.74, 6) is -1.97. The lowest BCUT2D eigenvalue weighted by molar-refractivity contribution is -0.297. The van der Waals surface area contributed by atoms with Crippen LogP contribution in [0.4, 0.5) is 0 Å². The van der Waals surface area contributed by atoms with E-state index in [2.05, 4.69) is 13.8 Å². The van der Waals surface area contributed by atoms with Crippen LogP contribution in [0, 0.1) is 0 Å². The van der Waals surface area contributed by atoms with E-state index in [1.165, 1.54) is 83.5 Å². The smallest absolute Gasteiger partial charge is 0.306 e. The standard InChI is InChI=1S/C36H68O12S/c1-3-5-7-9-11-13-15-17-19-21-23-25-32(38)47-29(26-45-31(37)24-22-20-18-16-14-12-10-8-6-4-2)27-46-36-35(41)34(40)33(39)30(48-36)28-49(42,43)44/h29-30,33-36,39-41H,3-28H2,1-2H3,(H,42,43,44). The summed E-state index contributed by atoms with van der Waals surface area (Å²) in [5.41, 5.74) is 0. The Morgan fingerprint density at radius 3 is 1.49 bits per heavy atom. The van der Waals surface area contributed by atoms with Gasteiger partial charge in [0, 0.05) is 12.8 Å². The third-order valence-corrected chi connectivity index (χ3v) is 9.69. The summed E-state index contributed by atoms with van der Waals surface area (Å²) in [5, 5.41) is 30.7. The Morgan fingerprint density at radius 1 is 0.612 bits per heavy atom. The van der Waals surface area contributed by atoms with Crippen LogP contribution >= 0.6 is 0 Å². The second kappa shape index (κ2) is 28.3. The van der Waals surface area contributed by atoms with E-state index in [0.717, 1.165) is 38.5 Å². The van der Waals surface area contributed by atoms with Crippen molar-refractivity contribution in [2.75, 3.05) is 19.0 Å². The number of rotatable bonds is 31. The van der Waals surface area contributed by atoms with Crippen LogP contribution in [0.5, 0.6) is 0 Å². The predicted octanol–water partition coefficient (Wildman–Crippen LogP) is 6.17.